The number of hydrogen-bond donors (Lipinski definition) is 1. The van der Waals surface area contributed by atoms with Crippen molar-refractivity contribution in [2.75, 3.05) is 11.4 Å². The molecule has 0 radical (unpaired) electrons. The summed E-state index contributed by atoms with van der Waals surface area (Å²) in [7, 11) is 0. The number of terminal acetylenes is 1. The van der Waals surface area contributed by atoms with Gasteiger partial charge in [-0.2, -0.15) is 0 Å². The molecule has 1 aromatic carbocycles. The Morgan fingerprint density at radius 1 is 1.50 bits per heavy atom. The van der Waals surface area contributed by atoms with E-state index in [9.17, 15) is 9.59 Å². The normalized spacial score (nSPS) is 17.3. The van der Waals surface area contributed by atoms with Gasteiger partial charge in [0.05, 0.1) is 18.7 Å². The molecule has 5 nitrogen and oxygen atoms in total. The van der Waals surface area contributed by atoms with Gasteiger partial charge in [0.2, 0.25) is 12.0 Å². The molecule has 18 heavy (non-hydrogen) atoms. The number of anilines is 1. The maximum Gasteiger partial charge on any atom is 0.346 e. The standard InChI is InChI=1S/C13H11NO4/c1-2-5-12(15)14-8-11(13(16)17)18-10-7-4-3-6-9(10)14/h1,3-4,6-7,11H,5,8H2,(H,16,17). The third kappa shape index (κ3) is 2.13. The molecule has 1 aromatic rings. The molecule has 0 saturated heterocycles. The van der Waals surface area contributed by atoms with Crippen LogP contribution in [0, 0.1) is 12.3 Å². The van der Waals surface area contributed by atoms with E-state index in [4.69, 9.17) is 16.3 Å². The second-order valence-corrected chi connectivity index (χ2v) is 3.80. The molecular weight excluding hydrogens is 234 g/mol. The molecule has 5 heteroatoms. The molecular formula is C13H11NO4. The van der Waals surface area contributed by atoms with Crippen molar-refractivity contribution in [1.29, 1.82) is 0 Å². The molecule has 1 amide bonds. The van der Waals surface area contributed by atoms with Gasteiger partial charge in [-0.3, -0.25) is 4.79 Å². The minimum atomic E-state index is -1.11. The SMILES string of the molecule is C#CCC(=O)N1CC(C(=O)O)Oc2ccccc21. The van der Waals surface area contributed by atoms with Gasteiger partial charge in [-0.15, -0.1) is 6.42 Å². The lowest BCUT2D eigenvalue weighted by Crippen LogP contribution is -2.47. The molecule has 1 heterocycles. The Kier molecular flexibility index (Phi) is 3.20. The topological polar surface area (TPSA) is 66.8 Å². The molecule has 1 aliphatic rings. The van der Waals surface area contributed by atoms with Gasteiger partial charge in [0.25, 0.3) is 0 Å². The van der Waals surface area contributed by atoms with Gasteiger partial charge in [-0.1, -0.05) is 18.1 Å². The minimum Gasteiger partial charge on any atom is -0.478 e. The molecule has 0 fully saturated rings. The Bertz CT molecular complexity index is 532. The molecule has 0 saturated carbocycles. The highest BCUT2D eigenvalue weighted by molar-refractivity contribution is 5.97. The first-order chi connectivity index (χ1) is 8.63. The maximum atomic E-state index is 11.9. The monoisotopic (exact) mass is 245 g/mol. The van der Waals surface area contributed by atoms with Crippen molar-refractivity contribution >= 4 is 17.6 Å². The molecule has 0 bridgehead atoms. The smallest absolute Gasteiger partial charge is 0.346 e. The van der Waals surface area contributed by atoms with Gasteiger partial charge in [-0.05, 0) is 12.1 Å². The largest absolute Gasteiger partial charge is 0.478 e. The molecule has 92 valence electrons. The zero-order valence-corrected chi connectivity index (χ0v) is 9.50. The molecule has 0 spiro atoms. The number of carbonyl (C=O) groups is 2. The van der Waals surface area contributed by atoms with Crippen LogP contribution in [0.4, 0.5) is 5.69 Å². The summed E-state index contributed by atoms with van der Waals surface area (Å²) in [6.07, 6.45) is 3.97. The van der Waals surface area contributed by atoms with Gasteiger partial charge in [0.15, 0.2) is 0 Å². The molecule has 1 N–H and O–H groups in total. The summed E-state index contributed by atoms with van der Waals surface area (Å²) in [4.78, 5) is 24.2. The van der Waals surface area contributed by atoms with Crippen LogP contribution in [-0.2, 0) is 9.59 Å². The van der Waals surface area contributed by atoms with Crippen molar-refractivity contribution in [2.45, 2.75) is 12.5 Å². The highest BCUT2D eigenvalue weighted by atomic mass is 16.5. The van der Waals surface area contributed by atoms with E-state index in [1.807, 2.05) is 0 Å². The number of rotatable bonds is 2. The number of hydrogen-bond acceptors (Lipinski definition) is 3. The second-order valence-electron chi connectivity index (χ2n) is 3.80. The number of carboxylic acids is 1. The van der Waals surface area contributed by atoms with Crippen LogP contribution < -0.4 is 9.64 Å². The number of amides is 1. The van der Waals surface area contributed by atoms with Gasteiger partial charge in [0, 0.05) is 0 Å². The van der Waals surface area contributed by atoms with Gasteiger partial charge in [-0.25, -0.2) is 4.79 Å². The summed E-state index contributed by atoms with van der Waals surface area (Å²) in [5.74, 6) is 1.22. The summed E-state index contributed by atoms with van der Waals surface area (Å²) in [5, 5.41) is 8.99. The predicted octanol–water partition coefficient (Wildman–Crippen LogP) is 0.888. The molecule has 1 atom stereocenters. The number of fused-ring (bicyclic) bond motifs is 1. The average molecular weight is 245 g/mol. The van der Waals surface area contributed by atoms with Crippen molar-refractivity contribution in [3.05, 3.63) is 24.3 Å². The summed E-state index contributed by atoms with van der Waals surface area (Å²) < 4.78 is 5.31. The highest BCUT2D eigenvalue weighted by Crippen LogP contribution is 2.33. The lowest BCUT2D eigenvalue weighted by molar-refractivity contribution is -0.145. The molecule has 0 aliphatic carbocycles. The third-order valence-corrected chi connectivity index (χ3v) is 2.60. The zero-order chi connectivity index (χ0) is 13.1. The predicted molar refractivity (Wildman–Crippen MR) is 64.3 cm³/mol. The van der Waals surface area contributed by atoms with Crippen LogP contribution in [0.25, 0.3) is 0 Å². The van der Waals surface area contributed by atoms with E-state index in [-0.39, 0.29) is 18.9 Å². The molecule has 2 rings (SSSR count). The van der Waals surface area contributed by atoms with E-state index in [2.05, 4.69) is 5.92 Å². The number of carbonyl (C=O) groups excluding carboxylic acids is 1. The van der Waals surface area contributed by atoms with Crippen molar-refractivity contribution in [2.24, 2.45) is 0 Å². The van der Waals surface area contributed by atoms with Crippen LogP contribution in [0.15, 0.2) is 24.3 Å². The molecule has 1 unspecified atom stereocenters. The summed E-state index contributed by atoms with van der Waals surface area (Å²) in [6.45, 7) is -0.0349. The van der Waals surface area contributed by atoms with Crippen molar-refractivity contribution < 1.29 is 19.4 Å². The van der Waals surface area contributed by atoms with Gasteiger partial charge >= 0.3 is 5.97 Å². The van der Waals surface area contributed by atoms with Crippen LogP contribution in [0.3, 0.4) is 0 Å². The Hall–Kier alpha value is -2.48. The molecule has 1 aliphatic heterocycles. The maximum absolute atomic E-state index is 11.9. The Morgan fingerprint density at radius 3 is 2.89 bits per heavy atom. The van der Waals surface area contributed by atoms with Crippen LogP contribution >= 0.6 is 0 Å². The van der Waals surface area contributed by atoms with Crippen molar-refractivity contribution in [3.8, 4) is 18.1 Å². The van der Waals surface area contributed by atoms with E-state index in [1.165, 1.54) is 4.90 Å². The number of para-hydroxylation sites is 2. The quantitative estimate of drug-likeness (QED) is 0.786. The minimum absolute atomic E-state index is 0.0349. The zero-order valence-electron chi connectivity index (χ0n) is 9.50. The first-order valence-corrected chi connectivity index (χ1v) is 5.36. The lowest BCUT2D eigenvalue weighted by Gasteiger charge is -2.32. The third-order valence-electron chi connectivity index (χ3n) is 2.60. The fourth-order valence-corrected chi connectivity index (χ4v) is 1.78. The first kappa shape index (κ1) is 12.0. The average Bonchev–Trinajstić information content (AvgIpc) is 2.37. The van der Waals surface area contributed by atoms with Gasteiger partial charge < -0.3 is 14.7 Å². The Labute approximate surface area is 104 Å². The summed E-state index contributed by atoms with van der Waals surface area (Å²) >= 11 is 0. The lowest BCUT2D eigenvalue weighted by atomic mass is 10.1. The van der Waals surface area contributed by atoms with Crippen LogP contribution in [0.2, 0.25) is 0 Å². The Balaban J connectivity index is 2.37. The van der Waals surface area contributed by atoms with Crippen LogP contribution in [0.1, 0.15) is 6.42 Å². The first-order valence-electron chi connectivity index (χ1n) is 5.36. The number of ether oxygens (including phenoxy) is 1. The van der Waals surface area contributed by atoms with E-state index < -0.39 is 12.1 Å². The van der Waals surface area contributed by atoms with Crippen LogP contribution in [0.5, 0.6) is 5.75 Å². The van der Waals surface area contributed by atoms with Crippen LogP contribution in [-0.4, -0.2) is 29.6 Å². The second kappa shape index (κ2) is 4.80. The number of carboxylic acid groups (broad SMARTS) is 1. The molecule has 0 aromatic heterocycles. The number of benzene rings is 1. The number of aliphatic carboxylic acids is 1. The summed E-state index contributed by atoms with van der Waals surface area (Å²) in [6, 6.07) is 6.79. The van der Waals surface area contributed by atoms with E-state index in [0.717, 1.165) is 0 Å². The van der Waals surface area contributed by atoms with Crippen molar-refractivity contribution in [1.82, 2.24) is 0 Å². The number of nitrogens with zero attached hydrogens (tertiary/aromatic N) is 1. The van der Waals surface area contributed by atoms with Gasteiger partial charge in [0.1, 0.15) is 5.75 Å². The summed E-state index contributed by atoms with van der Waals surface area (Å²) in [5.41, 5.74) is 0.551. The highest BCUT2D eigenvalue weighted by Gasteiger charge is 2.33. The fourth-order valence-electron chi connectivity index (χ4n) is 1.78. The fraction of sp³-hybridized carbons (Fsp3) is 0.231. The van der Waals surface area contributed by atoms with E-state index >= 15 is 0 Å². The van der Waals surface area contributed by atoms with E-state index in [1.54, 1.807) is 24.3 Å². The Morgan fingerprint density at radius 2 is 2.22 bits per heavy atom. The van der Waals surface area contributed by atoms with Crippen molar-refractivity contribution in [3.63, 3.8) is 0 Å². The van der Waals surface area contributed by atoms with E-state index in [0.29, 0.717) is 11.4 Å².